The molecule has 2 heterocycles. The van der Waals surface area contributed by atoms with E-state index in [4.69, 9.17) is 0 Å². The Kier molecular flexibility index (Phi) is 2.99. The van der Waals surface area contributed by atoms with Crippen LogP contribution < -0.4 is 0 Å². The van der Waals surface area contributed by atoms with Crippen molar-refractivity contribution in [3.05, 3.63) is 29.6 Å². The Bertz CT molecular complexity index is 520. The Morgan fingerprint density at radius 2 is 1.83 bits per heavy atom. The number of nitrogens with zero attached hydrogens (tertiary/aromatic N) is 2. The van der Waals surface area contributed by atoms with Crippen molar-refractivity contribution in [1.82, 2.24) is 14.9 Å². The summed E-state index contributed by atoms with van der Waals surface area (Å²) in [7, 11) is 0. The Morgan fingerprint density at radius 1 is 1.11 bits per heavy atom. The Hall–Kier alpha value is -1.49. The highest BCUT2D eigenvalue weighted by Gasteiger charge is 2.13. The number of aromatic nitrogens is 2. The second-order valence-electron chi connectivity index (χ2n) is 4.80. The van der Waals surface area contributed by atoms with Crippen LogP contribution in [-0.4, -0.2) is 28.0 Å². The van der Waals surface area contributed by atoms with E-state index in [0.29, 0.717) is 11.0 Å². The van der Waals surface area contributed by atoms with Gasteiger partial charge in [-0.3, -0.25) is 4.90 Å². The SMILES string of the molecule is Fc1cc2nc(CN3CCCCC3)[nH]c2cc1F. The van der Waals surface area contributed by atoms with Gasteiger partial charge in [0.15, 0.2) is 11.6 Å². The van der Waals surface area contributed by atoms with Crippen LogP contribution in [0.15, 0.2) is 12.1 Å². The summed E-state index contributed by atoms with van der Waals surface area (Å²) in [5, 5.41) is 0. The second kappa shape index (κ2) is 4.65. The third-order valence-corrected chi connectivity index (χ3v) is 3.40. The van der Waals surface area contributed by atoms with E-state index in [1.54, 1.807) is 0 Å². The lowest BCUT2D eigenvalue weighted by Gasteiger charge is -2.25. The highest BCUT2D eigenvalue weighted by Crippen LogP contribution is 2.18. The van der Waals surface area contributed by atoms with Gasteiger partial charge in [0, 0.05) is 12.1 Å². The van der Waals surface area contributed by atoms with E-state index in [9.17, 15) is 8.78 Å². The quantitative estimate of drug-likeness (QED) is 0.890. The van der Waals surface area contributed by atoms with Gasteiger partial charge in [-0.05, 0) is 25.9 Å². The number of imidazole rings is 1. The predicted octanol–water partition coefficient (Wildman–Crippen LogP) is 2.83. The predicted molar refractivity (Wildman–Crippen MR) is 65.1 cm³/mol. The number of aromatic amines is 1. The second-order valence-corrected chi connectivity index (χ2v) is 4.80. The maximum atomic E-state index is 13.1. The largest absolute Gasteiger partial charge is 0.341 e. The fourth-order valence-electron chi connectivity index (χ4n) is 2.46. The minimum Gasteiger partial charge on any atom is -0.341 e. The standard InChI is InChI=1S/C13H15F2N3/c14-9-6-11-12(7-10(9)15)17-13(16-11)8-18-4-2-1-3-5-18/h6-7H,1-5,8H2,(H,16,17). The molecule has 96 valence electrons. The lowest BCUT2D eigenvalue weighted by molar-refractivity contribution is 0.216. The zero-order chi connectivity index (χ0) is 12.5. The van der Waals surface area contributed by atoms with Crippen LogP contribution in [0.1, 0.15) is 25.1 Å². The first kappa shape index (κ1) is 11.6. The van der Waals surface area contributed by atoms with Crippen molar-refractivity contribution in [2.45, 2.75) is 25.8 Å². The number of hydrogen-bond acceptors (Lipinski definition) is 2. The number of halogens is 2. The van der Waals surface area contributed by atoms with Gasteiger partial charge >= 0.3 is 0 Å². The first-order valence-electron chi connectivity index (χ1n) is 6.28. The number of likely N-dealkylation sites (tertiary alicyclic amines) is 1. The number of H-pyrrole nitrogens is 1. The summed E-state index contributed by atoms with van der Waals surface area (Å²) in [6, 6.07) is 2.30. The molecule has 0 radical (unpaired) electrons. The molecule has 0 spiro atoms. The summed E-state index contributed by atoms with van der Waals surface area (Å²) in [5.74, 6) is -0.911. The molecule has 1 aliphatic heterocycles. The molecular formula is C13H15F2N3. The van der Waals surface area contributed by atoms with E-state index >= 15 is 0 Å². The number of fused-ring (bicyclic) bond motifs is 1. The third kappa shape index (κ3) is 2.22. The molecule has 2 aromatic rings. The van der Waals surface area contributed by atoms with Gasteiger partial charge in [0.1, 0.15) is 5.82 Å². The molecule has 5 heteroatoms. The zero-order valence-electron chi connectivity index (χ0n) is 10.0. The van der Waals surface area contributed by atoms with Crippen LogP contribution in [-0.2, 0) is 6.54 Å². The molecule has 0 aliphatic carbocycles. The van der Waals surface area contributed by atoms with E-state index in [2.05, 4.69) is 14.9 Å². The van der Waals surface area contributed by atoms with Crippen molar-refractivity contribution < 1.29 is 8.78 Å². The number of nitrogens with one attached hydrogen (secondary N) is 1. The lowest BCUT2D eigenvalue weighted by atomic mass is 10.1. The van der Waals surface area contributed by atoms with E-state index < -0.39 is 11.6 Å². The van der Waals surface area contributed by atoms with Gasteiger partial charge in [-0.1, -0.05) is 6.42 Å². The summed E-state index contributed by atoms with van der Waals surface area (Å²) in [5.41, 5.74) is 1.04. The number of benzene rings is 1. The smallest absolute Gasteiger partial charge is 0.161 e. The third-order valence-electron chi connectivity index (χ3n) is 3.40. The van der Waals surface area contributed by atoms with Crippen molar-refractivity contribution >= 4 is 11.0 Å². The normalized spacial score (nSPS) is 17.4. The highest BCUT2D eigenvalue weighted by atomic mass is 19.2. The van der Waals surface area contributed by atoms with Gasteiger partial charge in [0.25, 0.3) is 0 Å². The van der Waals surface area contributed by atoms with Gasteiger partial charge < -0.3 is 4.98 Å². The fraction of sp³-hybridized carbons (Fsp3) is 0.462. The van der Waals surface area contributed by atoms with E-state index in [1.165, 1.54) is 19.3 Å². The molecule has 0 saturated carbocycles. The molecule has 1 aromatic carbocycles. The van der Waals surface area contributed by atoms with Crippen molar-refractivity contribution in [3.63, 3.8) is 0 Å². The fourth-order valence-corrected chi connectivity index (χ4v) is 2.46. The molecule has 3 nitrogen and oxygen atoms in total. The monoisotopic (exact) mass is 251 g/mol. The Morgan fingerprint density at radius 3 is 2.61 bits per heavy atom. The molecule has 3 rings (SSSR count). The van der Waals surface area contributed by atoms with Gasteiger partial charge in [-0.25, -0.2) is 13.8 Å². The number of rotatable bonds is 2. The van der Waals surface area contributed by atoms with Gasteiger partial charge in [0.2, 0.25) is 0 Å². The molecule has 0 bridgehead atoms. The molecule has 0 atom stereocenters. The van der Waals surface area contributed by atoms with E-state index in [0.717, 1.165) is 37.6 Å². The minimum atomic E-state index is -0.849. The molecule has 18 heavy (non-hydrogen) atoms. The van der Waals surface area contributed by atoms with Crippen LogP contribution in [0.4, 0.5) is 8.78 Å². The van der Waals surface area contributed by atoms with E-state index in [-0.39, 0.29) is 0 Å². The molecule has 1 N–H and O–H groups in total. The van der Waals surface area contributed by atoms with Crippen molar-refractivity contribution in [1.29, 1.82) is 0 Å². The van der Waals surface area contributed by atoms with Gasteiger partial charge in [-0.15, -0.1) is 0 Å². The zero-order valence-corrected chi connectivity index (χ0v) is 10.0. The van der Waals surface area contributed by atoms with Crippen LogP contribution in [0.2, 0.25) is 0 Å². The summed E-state index contributed by atoms with van der Waals surface area (Å²) in [4.78, 5) is 9.67. The summed E-state index contributed by atoms with van der Waals surface area (Å²) in [6.45, 7) is 2.86. The molecule has 0 amide bonds. The average molecular weight is 251 g/mol. The van der Waals surface area contributed by atoms with Crippen molar-refractivity contribution in [2.24, 2.45) is 0 Å². The summed E-state index contributed by atoms with van der Waals surface area (Å²) >= 11 is 0. The number of hydrogen-bond donors (Lipinski definition) is 1. The Labute approximate surface area is 104 Å². The minimum absolute atomic E-state index is 0.487. The van der Waals surface area contributed by atoms with Crippen LogP contribution in [0.5, 0.6) is 0 Å². The maximum Gasteiger partial charge on any atom is 0.161 e. The number of piperidine rings is 1. The summed E-state index contributed by atoms with van der Waals surface area (Å²) in [6.07, 6.45) is 3.71. The molecule has 1 aliphatic rings. The average Bonchev–Trinajstić information content (AvgIpc) is 2.72. The Balaban J connectivity index is 1.84. The van der Waals surface area contributed by atoms with Crippen LogP contribution >= 0.6 is 0 Å². The summed E-state index contributed by atoms with van der Waals surface area (Å²) < 4.78 is 26.2. The molecule has 1 saturated heterocycles. The van der Waals surface area contributed by atoms with Gasteiger partial charge in [-0.2, -0.15) is 0 Å². The molecular weight excluding hydrogens is 236 g/mol. The van der Waals surface area contributed by atoms with Crippen LogP contribution in [0, 0.1) is 11.6 Å². The van der Waals surface area contributed by atoms with Gasteiger partial charge in [0.05, 0.1) is 17.6 Å². The van der Waals surface area contributed by atoms with Crippen molar-refractivity contribution in [2.75, 3.05) is 13.1 Å². The van der Waals surface area contributed by atoms with E-state index in [1.807, 2.05) is 0 Å². The lowest BCUT2D eigenvalue weighted by Crippen LogP contribution is -2.29. The molecule has 1 aromatic heterocycles. The maximum absolute atomic E-state index is 13.1. The molecule has 0 unspecified atom stereocenters. The van der Waals surface area contributed by atoms with Crippen LogP contribution in [0.25, 0.3) is 11.0 Å². The first-order valence-corrected chi connectivity index (χ1v) is 6.28. The molecule has 1 fully saturated rings. The first-order chi connectivity index (χ1) is 8.72. The van der Waals surface area contributed by atoms with Crippen molar-refractivity contribution in [3.8, 4) is 0 Å². The highest BCUT2D eigenvalue weighted by molar-refractivity contribution is 5.75. The topological polar surface area (TPSA) is 31.9 Å². The van der Waals surface area contributed by atoms with Crippen LogP contribution in [0.3, 0.4) is 0 Å².